The summed E-state index contributed by atoms with van der Waals surface area (Å²) in [4.78, 5) is 4.40. The number of aromatic nitrogens is 1. The molecular weight excluding hydrogens is 260 g/mol. The summed E-state index contributed by atoms with van der Waals surface area (Å²) in [5.41, 5.74) is 3.41. The molecule has 0 amide bonds. The lowest BCUT2D eigenvalue weighted by Crippen LogP contribution is -2.05. The van der Waals surface area contributed by atoms with Gasteiger partial charge in [-0.05, 0) is 30.3 Å². The highest BCUT2D eigenvalue weighted by Crippen LogP contribution is 2.19. The van der Waals surface area contributed by atoms with Crippen molar-refractivity contribution in [2.75, 3.05) is 7.05 Å². The summed E-state index contributed by atoms with van der Waals surface area (Å²) in [5.74, 6) is 0.799. The molecule has 0 unspecified atom stereocenters. The van der Waals surface area contributed by atoms with E-state index in [0.29, 0.717) is 6.61 Å². The van der Waals surface area contributed by atoms with E-state index in [-0.39, 0.29) is 0 Å². The lowest BCUT2D eigenvalue weighted by molar-refractivity contribution is 0.305. The van der Waals surface area contributed by atoms with Crippen molar-refractivity contribution in [1.82, 2.24) is 10.3 Å². The Morgan fingerprint density at radius 3 is 2.57 bits per heavy atom. The predicted molar refractivity (Wildman–Crippen MR) is 85.3 cm³/mol. The number of hydrogen-bond acceptors (Lipinski definition) is 3. The minimum Gasteiger partial charge on any atom is -0.487 e. The first-order valence-electron chi connectivity index (χ1n) is 7.05. The van der Waals surface area contributed by atoms with Crippen LogP contribution in [0.3, 0.4) is 0 Å². The Bertz CT molecular complexity index is 723. The molecule has 0 aliphatic heterocycles. The van der Waals surface area contributed by atoms with Crippen molar-refractivity contribution in [3.05, 3.63) is 71.9 Å². The Hall–Kier alpha value is -2.39. The number of hydrogen-bond donors (Lipinski definition) is 1. The zero-order valence-corrected chi connectivity index (χ0v) is 12.0. The van der Waals surface area contributed by atoms with Crippen molar-refractivity contribution in [1.29, 1.82) is 0 Å². The van der Waals surface area contributed by atoms with Crippen LogP contribution in [0.1, 0.15) is 11.1 Å². The van der Waals surface area contributed by atoms with Crippen molar-refractivity contribution in [3.63, 3.8) is 0 Å². The molecule has 2 aromatic carbocycles. The maximum absolute atomic E-state index is 5.82. The van der Waals surface area contributed by atoms with Gasteiger partial charge in [0.05, 0.1) is 11.7 Å². The fraction of sp³-hybridized carbons (Fsp3) is 0.167. The van der Waals surface area contributed by atoms with Gasteiger partial charge in [0.1, 0.15) is 12.4 Å². The third kappa shape index (κ3) is 3.38. The van der Waals surface area contributed by atoms with Crippen LogP contribution in [-0.4, -0.2) is 12.0 Å². The van der Waals surface area contributed by atoms with Crippen LogP contribution < -0.4 is 10.1 Å². The van der Waals surface area contributed by atoms with Gasteiger partial charge in [-0.3, -0.25) is 4.98 Å². The van der Waals surface area contributed by atoms with Crippen LogP contribution in [0.4, 0.5) is 0 Å². The zero-order chi connectivity index (χ0) is 14.5. The normalized spacial score (nSPS) is 10.7. The maximum Gasteiger partial charge on any atom is 0.138 e. The molecule has 0 aliphatic rings. The van der Waals surface area contributed by atoms with E-state index in [0.717, 1.165) is 28.8 Å². The summed E-state index contributed by atoms with van der Waals surface area (Å²) in [6, 6.07) is 18.5. The molecule has 0 saturated heterocycles. The Balaban J connectivity index is 1.68. The van der Waals surface area contributed by atoms with E-state index in [1.54, 1.807) is 6.20 Å². The number of benzene rings is 2. The van der Waals surface area contributed by atoms with Crippen LogP contribution >= 0.6 is 0 Å². The number of fused-ring (bicyclic) bond motifs is 1. The highest BCUT2D eigenvalue weighted by molar-refractivity contribution is 5.79. The molecule has 0 spiro atoms. The molecule has 0 radical (unpaired) electrons. The Kier molecular flexibility index (Phi) is 4.12. The van der Waals surface area contributed by atoms with Gasteiger partial charge in [0, 0.05) is 11.9 Å². The van der Waals surface area contributed by atoms with Crippen molar-refractivity contribution in [3.8, 4) is 5.75 Å². The first-order valence-corrected chi connectivity index (χ1v) is 7.05. The fourth-order valence-corrected chi connectivity index (χ4v) is 2.25. The average molecular weight is 278 g/mol. The second-order valence-corrected chi connectivity index (χ2v) is 5.00. The van der Waals surface area contributed by atoms with Crippen LogP contribution in [0.5, 0.6) is 5.75 Å². The maximum atomic E-state index is 5.82. The Morgan fingerprint density at radius 2 is 1.76 bits per heavy atom. The summed E-state index contributed by atoms with van der Waals surface area (Å²) in [6.07, 6.45) is 1.78. The molecule has 0 saturated carbocycles. The van der Waals surface area contributed by atoms with Gasteiger partial charge >= 0.3 is 0 Å². The molecule has 0 fully saturated rings. The summed E-state index contributed by atoms with van der Waals surface area (Å²) in [5, 5.41) is 4.24. The van der Waals surface area contributed by atoms with Crippen molar-refractivity contribution < 1.29 is 4.74 Å². The van der Waals surface area contributed by atoms with Crippen LogP contribution in [0.25, 0.3) is 10.9 Å². The molecule has 3 nitrogen and oxygen atoms in total. The van der Waals surface area contributed by atoms with E-state index in [9.17, 15) is 0 Å². The van der Waals surface area contributed by atoms with Crippen LogP contribution in [0.2, 0.25) is 0 Å². The lowest BCUT2D eigenvalue weighted by atomic mass is 10.1. The van der Waals surface area contributed by atoms with Crippen LogP contribution in [-0.2, 0) is 13.2 Å². The van der Waals surface area contributed by atoms with Crippen molar-refractivity contribution in [2.45, 2.75) is 13.2 Å². The predicted octanol–water partition coefficient (Wildman–Crippen LogP) is 3.53. The van der Waals surface area contributed by atoms with Crippen LogP contribution in [0, 0.1) is 0 Å². The topological polar surface area (TPSA) is 34.1 Å². The van der Waals surface area contributed by atoms with Crippen molar-refractivity contribution >= 4 is 10.9 Å². The second-order valence-electron chi connectivity index (χ2n) is 5.00. The molecule has 21 heavy (non-hydrogen) atoms. The molecule has 0 atom stereocenters. The SMILES string of the molecule is CNCc1ccc(COc2cnc3ccccc3c2)cc1. The largest absolute Gasteiger partial charge is 0.487 e. The lowest BCUT2D eigenvalue weighted by Gasteiger charge is -2.08. The fourth-order valence-electron chi connectivity index (χ4n) is 2.25. The van der Waals surface area contributed by atoms with Gasteiger partial charge in [0.2, 0.25) is 0 Å². The zero-order valence-electron chi connectivity index (χ0n) is 12.0. The number of ether oxygens (including phenoxy) is 1. The molecule has 3 rings (SSSR count). The molecule has 1 aromatic heterocycles. The summed E-state index contributed by atoms with van der Waals surface area (Å²) in [6.45, 7) is 1.44. The molecule has 0 bridgehead atoms. The number of rotatable bonds is 5. The van der Waals surface area contributed by atoms with E-state index >= 15 is 0 Å². The Morgan fingerprint density at radius 1 is 1.00 bits per heavy atom. The number of para-hydroxylation sites is 1. The minimum absolute atomic E-state index is 0.555. The van der Waals surface area contributed by atoms with E-state index in [1.165, 1.54) is 5.56 Å². The number of nitrogens with one attached hydrogen (secondary N) is 1. The molecule has 1 heterocycles. The van der Waals surface area contributed by atoms with Gasteiger partial charge in [0.25, 0.3) is 0 Å². The molecular formula is C18H18N2O. The molecule has 1 N–H and O–H groups in total. The van der Waals surface area contributed by atoms with E-state index < -0.39 is 0 Å². The average Bonchev–Trinajstić information content (AvgIpc) is 2.54. The van der Waals surface area contributed by atoms with Gasteiger partial charge in [0.15, 0.2) is 0 Å². The Labute approximate surface area is 124 Å². The standard InChI is InChI=1S/C18H18N2O/c1-19-11-14-6-8-15(9-7-14)13-21-17-10-16-4-2-3-5-18(16)20-12-17/h2-10,12,19H,11,13H2,1H3. The summed E-state index contributed by atoms with van der Waals surface area (Å²) < 4.78 is 5.82. The van der Waals surface area contributed by atoms with Gasteiger partial charge in [-0.15, -0.1) is 0 Å². The first-order chi connectivity index (χ1) is 10.3. The molecule has 0 aliphatic carbocycles. The smallest absolute Gasteiger partial charge is 0.138 e. The first kappa shape index (κ1) is 13.6. The third-order valence-electron chi connectivity index (χ3n) is 3.37. The number of nitrogens with zero attached hydrogens (tertiary/aromatic N) is 1. The van der Waals surface area contributed by atoms with E-state index in [1.807, 2.05) is 37.4 Å². The van der Waals surface area contributed by atoms with E-state index in [2.05, 4.69) is 34.6 Å². The highest BCUT2D eigenvalue weighted by atomic mass is 16.5. The van der Waals surface area contributed by atoms with Crippen LogP contribution in [0.15, 0.2) is 60.8 Å². The van der Waals surface area contributed by atoms with Crippen molar-refractivity contribution in [2.24, 2.45) is 0 Å². The minimum atomic E-state index is 0.555. The van der Waals surface area contributed by atoms with Gasteiger partial charge < -0.3 is 10.1 Å². The molecule has 106 valence electrons. The number of pyridine rings is 1. The van der Waals surface area contributed by atoms with Gasteiger partial charge in [-0.1, -0.05) is 42.5 Å². The quantitative estimate of drug-likeness (QED) is 0.775. The molecule has 3 heteroatoms. The highest BCUT2D eigenvalue weighted by Gasteiger charge is 2.00. The van der Waals surface area contributed by atoms with Gasteiger partial charge in [-0.2, -0.15) is 0 Å². The molecule has 3 aromatic rings. The third-order valence-corrected chi connectivity index (χ3v) is 3.37. The summed E-state index contributed by atoms with van der Waals surface area (Å²) in [7, 11) is 1.95. The van der Waals surface area contributed by atoms with E-state index in [4.69, 9.17) is 4.74 Å². The second kappa shape index (κ2) is 6.37. The summed E-state index contributed by atoms with van der Waals surface area (Å²) >= 11 is 0. The monoisotopic (exact) mass is 278 g/mol. The van der Waals surface area contributed by atoms with Gasteiger partial charge in [-0.25, -0.2) is 0 Å².